The van der Waals surface area contributed by atoms with Gasteiger partial charge in [-0.1, -0.05) is 30.0 Å². The zero-order valence-corrected chi connectivity index (χ0v) is 11.6. The van der Waals surface area contributed by atoms with E-state index in [0.717, 1.165) is 22.7 Å². The van der Waals surface area contributed by atoms with Crippen molar-refractivity contribution in [2.24, 2.45) is 5.73 Å². The van der Waals surface area contributed by atoms with Crippen molar-refractivity contribution in [3.05, 3.63) is 59.4 Å². The molecular formula is C17H18N2O. The van der Waals surface area contributed by atoms with Gasteiger partial charge in [-0.05, 0) is 37.7 Å². The molecule has 2 N–H and O–H groups in total. The van der Waals surface area contributed by atoms with E-state index in [4.69, 9.17) is 10.5 Å². The Morgan fingerprint density at radius 3 is 2.70 bits per heavy atom. The topological polar surface area (TPSA) is 48.1 Å². The minimum Gasteiger partial charge on any atom is -0.479 e. The van der Waals surface area contributed by atoms with Gasteiger partial charge < -0.3 is 10.5 Å². The molecule has 2 aromatic rings. The molecule has 0 fully saturated rings. The summed E-state index contributed by atoms with van der Waals surface area (Å²) >= 11 is 0. The van der Waals surface area contributed by atoms with E-state index in [0.29, 0.717) is 19.6 Å². The number of nitrogens with two attached hydrogens (primary N) is 1. The van der Waals surface area contributed by atoms with Crippen LogP contribution in [0.4, 0.5) is 0 Å². The fourth-order valence-electron chi connectivity index (χ4n) is 1.82. The smallest absolute Gasteiger partial charge is 0.149 e. The Hall–Kier alpha value is -2.31. The number of hydrogen-bond donors (Lipinski definition) is 1. The molecule has 1 aromatic heterocycles. The molecule has 0 amide bonds. The molecule has 1 aromatic carbocycles. The maximum absolute atomic E-state index is 5.67. The average molecular weight is 266 g/mol. The number of nitrogens with zero attached hydrogens (tertiary/aromatic N) is 1. The number of ether oxygens (including phenoxy) is 1. The molecule has 0 saturated heterocycles. The van der Waals surface area contributed by atoms with Gasteiger partial charge in [0.2, 0.25) is 0 Å². The molecule has 0 aliphatic carbocycles. The fourth-order valence-corrected chi connectivity index (χ4v) is 1.82. The van der Waals surface area contributed by atoms with Crippen LogP contribution in [-0.2, 0) is 6.42 Å². The first-order valence-electron chi connectivity index (χ1n) is 6.63. The van der Waals surface area contributed by atoms with Crippen LogP contribution < -0.4 is 10.5 Å². The molecule has 3 nitrogen and oxygen atoms in total. The van der Waals surface area contributed by atoms with E-state index in [1.54, 1.807) is 0 Å². The number of aromatic nitrogens is 1. The summed E-state index contributed by atoms with van der Waals surface area (Å²) in [6.45, 7) is 2.86. The second kappa shape index (κ2) is 7.32. The third kappa shape index (κ3) is 4.11. The van der Waals surface area contributed by atoms with E-state index in [1.165, 1.54) is 0 Å². The van der Waals surface area contributed by atoms with Crippen molar-refractivity contribution in [2.75, 3.05) is 13.2 Å². The Kier molecular flexibility index (Phi) is 5.16. The van der Waals surface area contributed by atoms with E-state index in [1.807, 2.05) is 49.4 Å². The van der Waals surface area contributed by atoms with E-state index in [9.17, 15) is 0 Å². The second-order valence-corrected chi connectivity index (χ2v) is 4.39. The molecule has 102 valence electrons. The van der Waals surface area contributed by atoms with Crippen molar-refractivity contribution < 1.29 is 4.74 Å². The Morgan fingerprint density at radius 1 is 1.15 bits per heavy atom. The molecule has 0 bridgehead atoms. The monoisotopic (exact) mass is 266 g/mol. The largest absolute Gasteiger partial charge is 0.479 e. The van der Waals surface area contributed by atoms with Crippen molar-refractivity contribution in [3.63, 3.8) is 0 Å². The zero-order valence-electron chi connectivity index (χ0n) is 11.6. The van der Waals surface area contributed by atoms with E-state index in [-0.39, 0.29) is 0 Å². The highest BCUT2D eigenvalue weighted by Crippen LogP contribution is 2.16. The molecule has 2 rings (SSSR count). The summed E-state index contributed by atoms with van der Waals surface area (Å²) in [6.07, 6.45) is 0.711. The summed E-state index contributed by atoms with van der Waals surface area (Å²) in [4.78, 5) is 4.45. The van der Waals surface area contributed by atoms with Crippen molar-refractivity contribution in [1.29, 1.82) is 0 Å². The average Bonchev–Trinajstić information content (AvgIpc) is 2.47. The van der Waals surface area contributed by atoms with Crippen molar-refractivity contribution >= 4 is 0 Å². The summed E-state index contributed by atoms with van der Waals surface area (Å²) in [7, 11) is 0. The van der Waals surface area contributed by atoms with Gasteiger partial charge >= 0.3 is 0 Å². The fraction of sp³-hybridized carbons (Fsp3) is 0.235. The van der Waals surface area contributed by atoms with Gasteiger partial charge in [0.1, 0.15) is 12.4 Å². The lowest BCUT2D eigenvalue weighted by Gasteiger charge is -2.08. The van der Waals surface area contributed by atoms with Gasteiger partial charge in [0, 0.05) is 17.7 Å². The van der Waals surface area contributed by atoms with E-state index in [2.05, 4.69) is 16.8 Å². The second-order valence-electron chi connectivity index (χ2n) is 4.39. The van der Waals surface area contributed by atoms with Gasteiger partial charge in [-0.2, -0.15) is 0 Å². The van der Waals surface area contributed by atoms with Crippen LogP contribution in [0.5, 0.6) is 5.75 Å². The molecule has 3 heteroatoms. The Balaban J connectivity index is 1.99. The third-order valence-corrected chi connectivity index (χ3v) is 2.76. The van der Waals surface area contributed by atoms with Gasteiger partial charge in [-0.3, -0.25) is 4.98 Å². The molecule has 1 heterocycles. The van der Waals surface area contributed by atoms with Crippen LogP contribution in [0.2, 0.25) is 0 Å². The summed E-state index contributed by atoms with van der Waals surface area (Å²) in [6, 6.07) is 13.7. The van der Waals surface area contributed by atoms with Gasteiger partial charge in [0.05, 0.1) is 5.69 Å². The lowest BCUT2D eigenvalue weighted by molar-refractivity contribution is 0.363. The summed E-state index contributed by atoms with van der Waals surface area (Å²) < 4.78 is 5.67. The molecule has 0 atom stereocenters. The highest BCUT2D eigenvalue weighted by molar-refractivity contribution is 5.34. The minimum atomic E-state index is 0.344. The van der Waals surface area contributed by atoms with Crippen molar-refractivity contribution in [1.82, 2.24) is 4.98 Å². The number of benzene rings is 1. The normalized spacial score (nSPS) is 9.70. The molecule has 0 saturated carbocycles. The van der Waals surface area contributed by atoms with Crippen LogP contribution in [0, 0.1) is 18.8 Å². The van der Waals surface area contributed by atoms with Crippen LogP contribution in [0.15, 0.2) is 42.5 Å². The summed E-state index contributed by atoms with van der Waals surface area (Å²) in [5.74, 6) is 6.83. The van der Waals surface area contributed by atoms with Gasteiger partial charge in [-0.25, -0.2) is 0 Å². The first-order valence-corrected chi connectivity index (χ1v) is 6.63. The minimum absolute atomic E-state index is 0.344. The maximum Gasteiger partial charge on any atom is 0.149 e. The quantitative estimate of drug-likeness (QED) is 0.864. The Labute approximate surface area is 119 Å². The maximum atomic E-state index is 5.67. The van der Waals surface area contributed by atoms with Crippen LogP contribution in [0.25, 0.3) is 0 Å². The zero-order chi connectivity index (χ0) is 14.2. The van der Waals surface area contributed by atoms with E-state index >= 15 is 0 Å². The van der Waals surface area contributed by atoms with Crippen LogP contribution in [0.3, 0.4) is 0 Å². The van der Waals surface area contributed by atoms with Gasteiger partial charge in [0.25, 0.3) is 0 Å². The van der Waals surface area contributed by atoms with Gasteiger partial charge in [-0.15, -0.1) is 0 Å². The van der Waals surface area contributed by atoms with Crippen molar-refractivity contribution in [3.8, 4) is 17.6 Å². The van der Waals surface area contributed by atoms with Crippen LogP contribution in [-0.4, -0.2) is 18.1 Å². The lowest BCUT2D eigenvalue weighted by atomic mass is 10.2. The van der Waals surface area contributed by atoms with Crippen LogP contribution >= 0.6 is 0 Å². The van der Waals surface area contributed by atoms with Crippen molar-refractivity contribution in [2.45, 2.75) is 13.3 Å². The molecule has 20 heavy (non-hydrogen) atoms. The number of rotatable bonds is 4. The molecule has 0 unspecified atom stereocenters. The predicted octanol–water partition coefficient (Wildman–Crippen LogP) is 2.32. The van der Waals surface area contributed by atoms with Gasteiger partial charge in [0.15, 0.2) is 0 Å². The Bertz CT molecular complexity index is 612. The predicted molar refractivity (Wildman–Crippen MR) is 80.5 cm³/mol. The number of hydrogen-bond acceptors (Lipinski definition) is 3. The van der Waals surface area contributed by atoms with Crippen LogP contribution in [0.1, 0.15) is 17.0 Å². The molecule has 0 radical (unpaired) electrons. The standard InChI is InChI=1S/C17H18N2O/c1-14-9-10-17(16(19-14)11-12-18)20-13-5-8-15-6-3-2-4-7-15/h2-4,6-7,9-10H,11-13,18H2,1H3. The molecular weight excluding hydrogens is 248 g/mol. The van der Waals surface area contributed by atoms with E-state index < -0.39 is 0 Å². The first kappa shape index (κ1) is 14.1. The molecule has 0 spiro atoms. The third-order valence-electron chi connectivity index (χ3n) is 2.76. The molecule has 0 aliphatic rings. The SMILES string of the molecule is Cc1ccc(OCC#Cc2ccccc2)c(CCN)n1. The summed E-state index contributed by atoms with van der Waals surface area (Å²) in [5.41, 5.74) is 8.44. The highest BCUT2D eigenvalue weighted by Gasteiger charge is 2.04. The number of pyridine rings is 1. The number of aryl methyl sites for hydroxylation is 1. The highest BCUT2D eigenvalue weighted by atomic mass is 16.5. The first-order chi connectivity index (χ1) is 9.79. The lowest BCUT2D eigenvalue weighted by Crippen LogP contribution is -2.08. The molecule has 0 aliphatic heterocycles. The summed E-state index contributed by atoms with van der Waals surface area (Å²) in [5, 5.41) is 0. The Morgan fingerprint density at radius 2 is 1.95 bits per heavy atom.